The van der Waals surface area contributed by atoms with Gasteiger partial charge in [-0.1, -0.05) is 18.1 Å². The monoisotopic (exact) mass is 758 g/mol. The molecular formula is C41H29F7N4O3. The summed E-state index contributed by atoms with van der Waals surface area (Å²) in [6.07, 6.45) is -3.39. The van der Waals surface area contributed by atoms with Gasteiger partial charge in [0.2, 0.25) is 5.88 Å². The number of rotatable bonds is 9. The molecule has 1 fully saturated rings. The number of hydrogen-bond acceptors (Lipinski definition) is 6. The molecule has 3 heterocycles. The molecule has 0 radical (unpaired) electrons. The number of hydrogen-bond donors (Lipinski definition) is 0. The molecule has 0 bridgehead atoms. The second kappa shape index (κ2) is 13.5. The average molecular weight is 759 g/mol. The van der Waals surface area contributed by atoms with Gasteiger partial charge in [-0.3, -0.25) is 14.3 Å². The van der Waals surface area contributed by atoms with Crippen LogP contribution in [-0.2, 0) is 36.3 Å². The number of alkyl halides is 5. The van der Waals surface area contributed by atoms with Crippen molar-refractivity contribution in [3.05, 3.63) is 129 Å². The van der Waals surface area contributed by atoms with Crippen LogP contribution in [0.1, 0.15) is 86.5 Å². The van der Waals surface area contributed by atoms with Crippen molar-refractivity contribution < 1.29 is 45.1 Å². The number of ketones is 2. The van der Waals surface area contributed by atoms with Crippen LogP contribution >= 0.6 is 0 Å². The molecule has 3 aromatic heterocycles. The Bertz CT molecular complexity index is 2430. The summed E-state index contributed by atoms with van der Waals surface area (Å²) in [5.41, 5.74) is 0.596. The zero-order valence-corrected chi connectivity index (χ0v) is 29.0. The van der Waals surface area contributed by atoms with Gasteiger partial charge in [0.1, 0.15) is 29.6 Å². The molecule has 55 heavy (non-hydrogen) atoms. The smallest absolute Gasteiger partial charge is 0.435 e. The lowest BCUT2D eigenvalue weighted by molar-refractivity contribution is -0.142. The van der Waals surface area contributed by atoms with Crippen LogP contribution in [-0.4, -0.2) is 38.4 Å². The van der Waals surface area contributed by atoms with Crippen LogP contribution in [0.15, 0.2) is 66.9 Å². The molecule has 0 spiro atoms. The van der Waals surface area contributed by atoms with E-state index < -0.39 is 77.2 Å². The topological polar surface area (TPSA) is 87.0 Å². The zero-order valence-electron chi connectivity index (χ0n) is 29.0. The molecule has 2 aromatic carbocycles. The number of benzene rings is 2. The summed E-state index contributed by atoms with van der Waals surface area (Å²) in [5, 5.41) is 3.50. The Kier molecular flexibility index (Phi) is 8.86. The summed E-state index contributed by atoms with van der Waals surface area (Å²) in [5.74, 6) is -3.21. The maximum Gasteiger partial charge on any atom is 0.435 e. The number of carbonyl (C=O) groups is 2. The highest BCUT2D eigenvalue weighted by molar-refractivity contribution is 6.01. The molecule has 3 aliphatic carbocycles. The molecule has 0 aliphatic heterocycles. The standard InChI is InChI=1S/C41H29F7N4O3/c1-55-35-11-3-21(19-49-35)2-7-28-8-9-30(24-5-4-23-6-10-34(54)31(23)16-24)37(50-28)25(12-22-13-26(42)17-27(43)14-22)15-29(53)20-52-39-36(38(51-52)41(46,47)48)32-18-33(32)40(39,44)45/h3-5,8-9,11,13-14,16-17,19,25,32-33H,6,10,12,15,18,20H2,1H3/t25-,32+,33-/m1/s1. The van der Waals surface area contributed by atoms with E-state index in [-0.39, 0.29) is 35.6 Å². The third-order valence-corrected chi connectivity index (χ3v) is 10.3. The number of Topliss-reactive ketones (excluding diaryl/α,β-unsaturated/α-hetero) is 2. The Morgan fingerprint density at radius 2 is 1.78 bits per heavy atom. The fourth-order valence-electron chi connectivity index (χ4n) is 7.79. The number of pyridine rings is 2. The maximum atomic E-state index is 15.3. The molecule has 5 aromatic rings. The van der Waals surface area contributed by atoms with Crippen molar-refractivity contribution in [3.63, 3.8) is 0 Å². The van der Waals surface area contributed by atoms with Crippen molar-refractivity contribution >= 4 is 11.6 Å². The summed E-state index contributed by atoms with van der Waals surface area (Å²) in [6, 6.07) is 14.8. The largest absolute Gasteiger partial charge is 0.481 e. The molecule has 7 nitrogen and oxygen atoms in total. The van der Waals surface area contributed by atoms with Gasteiger partial charge < -0.3 is 4.74 Å². The highest BCUT2D eigenvalue weighted by Gasteiger charge is 2.68. The first-order valence-corrected chi connectivity index (χ1v) is 17.4. The second-order valence-corrected chi connectivity index (χ2v) is 14.0. The van der Waals surface area contributed by atoms with Gasteiger partial charge in [0, 0.05) is 65.3 Å². The van der Waals surface area contributed by atoms with Gasteiger partial charge >= 0.3 is 6.18 Å². The quantitative estimate of drug-likeness (QED) is 0.111. The Balaban J connectivity index is 1.22. The predicted molar refractivity (Wildman–Crippen MR) is 183 cm³/mol. The van der Waals surface area contributed by atoms with Gasteiger partial charge in [0.25, 0.3) is 5.92 Å². The van der Waals surface area contributed by atoms with E-state index in [1.807, 2.05) is 6.07 Å². The summed E-state index contributed by atoms with van der Waals surface area (Å²) >= 11 is 0. The molecule has 0 N–H and O–H groups in total. The summed E-state index contributed by atoms with van der Waals surface area (Å²) in [6.45, 7) is -0.909. The molecule has 280 valence electrons. The highest BCUT2D eigenvalue weighted by Crippen LogP contribution is 2.68. The first-order valence-electron chi connectivity index (χ1n) is 17.4. The van der Waals surface area contributed by atoms with E-state index >= 15 is 8.78 Å². The van der Waals surface area contributed by atoms with Gasteiger partial charge in [-0.05, 0) is 84.2 Å². The summed E-state index contributed by atoms with van der Waals surface area (Å²) < 4.78 is 107. The van der Waals surface area contributed by atoms with Gasteiger partial charge in [0.05, 0.1) is 12.8 Å². The number of aromatic nitrogens is 4. The fraction of sp³-hybridized carbons (Fsp3) is 0.293. The van der Waals surface area contributed by atoms with Crippen molar-refractivity contribution in [1.29, 1.82) is 0 Å². The number of halogens is 7. The van der Waals surface area contributed by atoms with Crippen molar-refractivity contribution in [2.24, 2.45) is 5.92 Å². The Morgan fingerprint density at radius 3 is 2.49 bits per heavy atom. The molecule has 14 heteroatoms. The van der Waals surface area contributed by atoms with Crippen molar-refractivity contribution in [1.82, 2.24) is 19.7 Å². The minimum atomic E-state index is -5.02. The lowest BCUT2D eigenvalue weighted by atomic mass is 9.86. The lowest BCUT2D eigenvalue weighted by Crippen LogP contribution is -2.24. The Hall–Kier alpha value is -5.84. The first-order chi connectivity index (χ1) is 26.2. The van der Waals surface area contributed by atoms with E-state index in [1.165, 1.54) is 13.3 Å². The lowest BCUT2D eigenvalue weighted by Gasteiger charge is -2.21. The summed E-state index contributed by atoms with van der Waals surface area (Å²) in [7, 11) is 1.47. The van der Waals surface area contributed by atoms with Crippen molar-refractivity contribution in [2.45, 2.75) is 62.6 Å². The van der Waals surface area contributed by atoms with Gasteiger partial charge in [0.15, 0.2) is 17.3 Å². The number of fused-ring (bicyclic) bond motifs is 4. The first kappa shape index (κ1) is 36.2. The number of nitrogens with zero attached hydrogens (tertiary/aromatic N) is 4. The van der Waals surface area contributed by atoms with Crippen LogP contribution in [0.4, 0.5) is 30.7 Å². The molecule has 0 unspecified atom stereocenters. The fourth-order valence-corrected chi connectivity index (χ4v) is 7.79. The molecule has 0 saturated heterocycles. The predicted octanol–water partition coefficient (Wildman–Crippen LogP) is 8.37. The van der Waals surface area contributed by atoms with E-state index in [4.69, 9.17) is 9.72 Å². The van der Waals surface area contributed by atoms with Crippen LogP contribution < -0.4 is 4.74 Å². The van der Waals surface area contributed by atoms with Gasteiger partial charge in [-0.25, -0.2) is 18.7 Å². The van der Waals surface area contributed by atoms with Crippen LogP contribution in [0, 0.1) is 29.4 Å². The number of aryl methyl sites for hydroxylation is 1. The number of carbonyl (C=O) groups excluding carboxylic acids is 2. The minimum Gasteiger partial charge on any atom is -0.481 e. The third kappa shape index (κ3) is 6.88. The SMILES string of the molecule is COc1ccc(C#Cc2ccc(-c3ccc4c(c3)C(=O)CC4)c([C@@H](CC(=O)Cn3nc(C(F)(F)F)c4c3C(F)(F)[C@@H]3C[C@H]43)Cc3cc(F)cc(F)c3)n2)cn1. The average Bonchev–Trinajstić information content (AvgIpc) is 3.65. The second-order valence-electron chi connectivity index (χ2n) is 14.0. The van der Waals surface area contributed by atoms with E-state index in [0.717, 1.165) is 17.7 Å². The van der Waals surface area contributed by atoms with E-state index in [0.29, 0.717) is 51.7 Å². The minimum absolute atomic E-state index is 0.0525. The number of methoxy groups -OCH3 is 1. The normalized spacial score (nSPS) is 18.2. The zero-order chi connectivity index (χ0) is 38.8. The summed E-state index contributed by atoms with van der Waals surface area (Å²) in [4.78, 5) is 35.6. The van der Waals surface area contributed by atoms with Gasteiger partial charge in [-0.15, -0.1) is 0 Å². The van der Waals surface area contributed by atoms with E-state index in [2.05, 4.69) is 21.9 Å². The van der Waals surface area contributed by atoms with E-state index in [1.54, 1.807) is 36.4 Å². The highest BCUT2D eigenvalue weighted by atomic mass is 19.4. The molecule has 0 amide bonds. The van der Waals surface area contributed by atoms with Crippen LogP contribution in [0.2, 0.25) is 0 Å². The molecule has 1 saturated carbocycles. The molecular weight excluding hydrogens is 729 g/mol. The Morgan fingerprint density at radius 1 is 1.00 bits per heavy atom. The maximum absolute atomic E-state index is 15.3. The van der Waals surface area contributed by atoms with Crippen LogP contribution in [0.5, 0.6) is 5.88 Å². The van der Waals surface area contributed by atoms with Crippen molar-refractivity contribution in [2.75, 3.05) is 7.11 Å². The third-order valence-electron chi connectivity index (χ3n) is 10.3. The van der Waals surface area contributed by atoms with Gasteiger partial charge in [-0.2, -0.15) is 27.1 Å². The number of ether oxygens (including phenoxy) is 1. The van der Waals surface area contributed by atoms with Crippen molar-refractivity contribution in [3.8, 4) is 28.8 Å². The molecule has 3 aliphatic rings. The molecule has 8 rings (SSSR count). The van der Waals surface area contributed by atoms with E-state index in [9.17, 15) is 31.5 Å². The Labute approximate surface area is 309 Å². The molecule has 3 atom stereocenters. The van der Waals surface area contributed by atoms with Crippen LogP contribution in [0.3, 0.4) is 0 Å². The van der Waals surface area contributed by atoms with Crippen LogP contribution in [0.25, 0.3) is 11.1 Å².